The fraction of sp³-hybridized carbons (Fsp3) is 0.538. The molecule has 2 atom stereocenters. The molecule has 1 aromatic rings. The minimum absolute atomic E-state index is 0.0424. The van der Waals surface area contributed by atoms with Crippen LogP contribution in [-0.2, 0) is 9.53 Å². The number of amides is 1. The highest BCUT2D eigenvalue weighted by atomic mass is 35.5. The van der Waals surface area contributed by atoms with E-state index in [4.69, 9.17) is 21.4 Å². The monoisotopic (exact) mass is 299 g/mol. The zero-order valence-electron chi connectivity index (χ0n) is 11.3. The average Bonchev–Trinajstić information content (AvgIpc) is 2.44. The molecule has 0 saturated carbocycles. The standard InChI is InChI=1S/C13H18ClN3O3/c1-9-8-20-10(7-18)5-17(9)6-12(19)16-11-3-2-4-15-13(11)14/h2-4,9-10,18H,5-8H2,1H3,(H,16,19). The first-order valence-electron chi connectivity index (χ1n) is 6.47. The molecular formula is C13H18ClN3O3. The number of nitrogens with one attached hydrogen (secondary N) is 1. The number of anilines is 1. The van der Waals surface area contributed by atoms with Gasteiger partial charge in [0.2, 0.25) is 5.91 Å². The lowest BCUT2D eigenvalue weighted by Crippen LogP contribution is -2.51. The number of carbonyl (C=O) groups is 1. The Balaban J connectivity index is 1.92. The average molecular weight is 300 g/mol. The highest BCUT2D eigenvalue weighted by Gasteiger charge is 2.27. The Morgan fingerprint density at radius 1 is 1.70 bits per heavy atom. The van der Waals surface area contributed by atoms with Gasteiger partial charge in [0.1, 0.15) is 0 Å². The van der Waals surface area contributed by atoms with Crippen LogP contribution in [0.1, 0.15) is 6.92 Å². The summed E-state index contributed by atoms with van der Waals surface area (Å²) in [5.41, 5.74) is 0.499. The minimum Gasteiger partial charge on any atom is -0.394 e. The number of carbonyl (C=O) groups excluding carboxylic acids is 1. The van der Waals surface area contributed by atoms with Crippen LogP contribution in [0.5, 0.6) is 0 Å². The van der Waals surface area contributed by atoms with E-state index in [9.17, 15) is 4.79 Å². The topological polar surface area (TPSA) is 74.7 Å². The largest absolute Gasteiger partial charge is 0.394 e. The van der Waals surface area contributed by atoms with Crippen molar-refractivity contribution in [1.29, 1.82) is 0 Å². The van der Waals surface area contributed by atoms with Crippen molar-refractivity contribution in [1.82, 2.24) is 9.88 Å². The molecule has 0 spiro atoms. The first kappa shape index (κ1) is 15.2. The maximum Gasteiger partial charge on any atom is 0.238 e. The molecular weight excluding hydrogens is 282 g/mol. The Bertz CT molecular complexity index is 472. The van der Waals surface area contributed by atoms with E-state index in [1.807, 2.05) is 11.8 Å². The van der Waals surface area contributed by atoms with Crippen molar-refractivity contribution in [3.05, 3.63) is 23.5 Å². The zero-order valence-corrected chi connectivity index (χ0v) is 12.0. The number of nitrogens with zero attached hydrogens (tertiary/aromatic N) is 2. The SMILES string of the molecule is CC1COC(CO)CN1CC(=O)Nc1cccnc1Cl. The summed E-state index contributed by atoms with van der Waals surface area (Å²) in [6.45, 7) is 3.21. The molecule has 1 aromatic heterocycles. The predicted octanol–water partition coefficient (Wildman–Crippen LogP) is 0.755. The Labute approximate surface area is 122 Å². The lowest BCUT2D eigenvalue weighted by molar-refractivity contribution is -0.122. The normalized spacial score (nSPS) is 23.6. The van der Waals surface area contributed by atoms with Gasteiger partial charge in [0, 0.05) is 18.8 Å². The Kier molecular flexibility index (Phi) is 5.31. The van der Waals surface area contributed by atoms with Crippen molar-refractivity contribution in [2.24, 2.45) is 0 Å². The Hall–Kier alpha value is -1.21. The third-order valence-electron chi connectivity index (χ3n) is 3.22. The Morgan fingerprint density at radius 2 is 2.50 bits per heavy atom. The van der Waals surface area contributed by atoms with E-state index in [0.717, 1.165) is 0 Å². The molecule has 2 unspecified atom stereocenters. The Morgan fingerprint density at radius 3 is 3.20 bits per heavy atom. The smallest absolute Gasteiger partial charge is 0.238 e. The first-order chi connectivity index (χ1) is 9.60. The molecule has 2 N–H and O–H groups in total. The van der Waals surface area contributed by atoms with Crippen LogP contribution in [0.2, 0.25) is 5.15 Å². The van der Waals surface area contributed by atoms with Crippen LogP contribution in [0.25, 0.3) is 0 Å². The van der Waals surface area contributed by atoms with Crippen LogP contribution in [0.15, 0.2) is 18.3 Å². The van der Waals surface area contributed by atoms with E-state index in [0.29, 0.717) is 18.8 Å². The molecule has 1 aliphatic rings. The molecule has 0 aliphatic carbocycles. The maximum absolute atomic E-state index is 12.0. The summed E-state index contributed by atoms with van der Waals surface area (Å²) in [6.07, 6.45) is 1.33. The number of ether oxygens (including phenoxy) is 1. The van der Waals surface area contributed by atoms with Crippen LogP contribution in [0.3, 0.4) is 0 Å². The summed E-state index contributed by atoms with van der Waals surface area (Å²) >= 11 is 5.89. The molecule has 110 valence electrons. The molecule has 7 heteroatoms. The third kappa shape index (κ3) is 3.89. The second-order valence-corrected chi connectivity index (χ2v) is 5.16. The number of hydrogen-bond donors (Lipinski definition) is 2. The molecule has 1 aliphatic heterocycles. The maximum atomic E-state index is 12.0. The van der Waals surface area contributed by atoms with Crippen molar-refractivity contribution in [3.63, 3.8) is 0 Å². The summed E-state index contributed by atoms with van der Waals surface area (Å²) in [5.74, 6) is -0.162. The zero-order chi connectivity index (χ0) is 14.5. The van der Waals surface area contributed by atoms with Crippen molar-refractivity contribution < 1.29 is 14.6 Å². The van der Waals surface area contributed by atoms with Gasteiger partial charge in [-0.1, -0.05) is 11.6 Å². The molecule has 0 aromatic carbocycles. The molecule has 1 fully saturated rings. The van der Waals surface area contributed by atoms with E-state index in [1.165, 1.54) is 0 Å². The van der Waals surface area contributed by atoms with Gasteiger partial charge in [-0.05, 0) is 19.1 Å². The number of hydrogen-bond acceptors (Lipinski definition) is 5. The third-order valence-corrected chi connectivity index (χ3v) is 3.52. The fourth-order valence-corrected chi connectivity index (χ4v) is 2.23. The summed E-state index contributed by atoms with van der Waals surface area (Å²) < 4.78 is 5.43. The van der Waals surface area contributed by atoms with Crippen LogP contribution in [0.4, 0.5) is 5.69 Å². The molecule has 0 radical (unpaired) electrons. The number of aliphatic hydroxyl groups is 1. The second kappa shape index (κ2) is 6.99. The molecule has 1 saturated heterocycles. The van der Waals surface area contributed by atoms with E-state index < -0.39 is 0 Å². The number of aliphatic hydroxyl groups excluding tert-OH is 1. The number of morpholine rings is 1. The summed E-state index contributed by atoms with van der Waals surface area (Å²) in [5, 5.41) is 12.1. The molecule has 1 amide bonds. The van der Waals surface area contributed by atoms with E-state index >= 15 is 0 Å². The number of aromatic nitrogens is 1. The van der Waals surface area contributed by atoms with Gasteiger partial charge in [-0.2, -0.15) is 0 Å². The number of halogens is 1. The van der Waals surface area contributed by atoms with Crippen LogP contribution >= 0.6 is 11.6 Å². The van der Waals surface area contributed by atoms with Gasteiger partial charge in [0.05, 0.1) is 31.5 Å². The minimum atomic E-state index is -0.235. The van der Waals surface area contributed by atoms with Gasteiger partial charge in [-0.15, -0.1) is 0 Å². The lowest BCUT2D eigenvalue weighted by atomic mass is 10.2. The molecule has 0 bridgehead atoms. The van der Waals surface area contributed by atoms with Crippen molar-refractivity contribution >= 4 is 23.2 Å². The van der Waals surface area contributed by atoms with E-state index in [-0.39, 0.29) is 36.4 Å². The van der Waals surface area contributed by atoms with Gasteiger partial charge >= 0.3 is 0 Å². The summed E-state index contributed by atoms with van der Waals surface area (Å²) in [7, 11) is 0. The highest BCUT2D eigenvalue weighted by Crippen LogP contribution is 2.18. The lowest BCUT2D eigenvalue weighted by Gasteiger charge is -2.36. The molecule has 20 heavy (non-hydrogen) atoms. The summed E-state index contributed by atoms with van der Waals surface area (Å²) in [6, 6.07) is 3.54. The number of rotatable bonds is 4. The quantitative estimate of drug-likeness (QED) is 0.803. The molecule has 2 rings (SSSR count). The summed E-state index contributed by atoms with van der Waals surface area (Å²) in [4.78, 5) is 17.9. The van der Waals surface area contributed by atoms with Crippen molar-refractivity contribution in [2.75, 3.05) is 31.6 Å². The van der Waals surface area contributed by atoms with Crippen molar-refractivity contribution in [2.45, 2.75) is 19.1 Å². The van der Waals surface area contributed by atoms with Crippen LogP contribution in [-0.4, -0.2) is 59.3 Å². The second-order valence-electron chi connectivity index (χ2n) is 4.81. The van der Waals surface area contributed by atoms with Crippen LogP contribution in [0, 0.1) is 0 Å². The van der Waals surface area contributed by atoms with Gasteiger partial charge in [0.15, 0.2) is 5.15 Å². The van der Waals surface area contributed by atoms with E-state index in [2.05, 4.69) is 10.3 Å². The fourth-order valence-electron chi connectivity index (χ4n) is 2.06. The van der Waals surface area contributed by atoms with Gasteiger partial charge in [0.25, 0.3) is 0 Å². The molecule has 6 nitrogen and oxygen atoms in total. The van der Waals surface area contributed by atoms with Gasteiger partial charge < -0.3 is 15.2 Å². The van der Waals surface area contributed by atoms with Crippen LogP contribution < -0.4 is 5.32 Å². The highest BCUT2D eigenvalue weighted by molar-refractivity contribution is 6.32. The van der Waals surface area contributed by atoms with E-state index in [1.54, 1.807) is 18.3 Å². The number of pyridine rings is 1. The molecule has 2 heterocycles. The van der Waals surface area contributed by atoms with Gasteiger partial charge in [-0.3, -0.25) is 9.69 Å². The predicted molar refractivity (Wildman–Crippen MR) is 75.7 cm³/mol. The van der Waals surface area contributed by atoms with Gasteiger partial charge in [-0.25, -0.2) is 4.98 Å². The first-order valence-corrected chi connectivity index (χ1v) is 6.85. The van der Waals surface area contributed by atoms with Crippen molar-refractivity contribution in [3.8, 4) is 0 Å².